The number of nitrogens with one attached hydrogen (secondary N) is 1. The van der Waals surface area contributed by atoms with E-state index in [4.69, 9.17) is 5.73 Å². The van der Waals surface area contributed by atoms with Crippen LogP contribution in [0.2, 0.25) is 0 Å². The molecule has 3 N–H and O–H groups in total. The van der Waals surface area contributed by atoms with E-state index in [9.17, 15) is 18.0 Å². The predicted octanol–water partition coefficient (Wildman–Crippen LogP) is 3.38. The number of hydrogen-bond acceptors (Lipinski definition) is 4. The highest BCUT2D eigenvalue weighted by atomic mass is 79.9. The van der Waals surface area contributed by atoms with Crippen molar-refractivity contribution in [2.24, 2.45) is 5.73 Å². The number of nitrogens with two attached hydrogens (primary N) is 1. The van der Waals surface area contributed by atoms with Gasteiger partial charge in [-0.25, -0.2) is 8.42 Å². The van der Waals surface area contributed by atoms with E-state index in [1.165, 1.54) is 24.3 Å². The minimum absolute atomic E-state index is 0.0512. The van der Waals surface area contributed by atoms with Gasteiger partial charge in [0.25, 0.3) is 15.9 Å². The molecule has 7 nitrogen and oxygen atoms in total. The maximum Gasteiger partial charge on any atom is 0.264 e. The second-order valence-electron chi connectivity index (χ2n) is 6.26. The van der Waals surface area contributed by atoms with Gasteiger partial charge in [0.2, 0.25) is 5.91 Å². The number of anilines is 2. The van der Waals surface area contributed by atoms with E-state index in [1.54, 1.807) is 54.6 Å². The van der Waals surface area contributed by atoms with Gasteiger partial charge in [-0.3, -0.25) is 13.9 Å². The molecule has 9 heteroatoms. The van der Waals surface area contributed by atoms with Crippen molar-refractivity contribution in [1.82, 2.24) is 0 Å². The van der Waals surface area contributed by atoms with E-state index in [1.807, 2.05) is 0 Å². The molecule has 0 saturated carbocycles. The van der Waals surface area contributed by atoms with Gasteiger partial charge in [-0.1, -0.05) is 52.3 Å². The quantitative estimate of drug-likeness (QED) is 0.532. The van der Waals surface area contributed by atoms with Gasteiger partial charge < -0.3 is 11.1 Å². The number of halogens is 1. The zero-order valence-electron chi connectivity index (χ0n) is 15.7. The molecule has 3 aromatic rings. The zero-order chi connectivity index (χ0) is 21.7. The Balaban J connectivity index is 1.96. The van der Waals surface area contributed by atoms with E-state index in [0.29, 0.717) is 10.2 Å². The summed E-state index contributed by atoms with van der Waals surface area (Å²) in [6.07, 6.45) is 0. The standard InChI is InChI=1S/C21H18BrN3O4S/c22-15-7-6-8-16(13-15)25(30(28,29)17-9-2-1-3-10-17)14-20(26)24-19-12-5-4-11-18(19)21(23)27/h1-13H,14H2,(H2,23,27)(H,24,26). The largest absolute Gasteiger partial charge is 0.366 e. The Labute approximate surface area is 182 Å². The van der Waals surface area contributed by atoms with Crippen LogP contribution in [-0.2, 0) is 14.8 Å². The summed E-state index contributed by atoms with van der Waals surface area (Å²) in [6.45, 7) is -0.499. The molecule has 0 heterocycles. The molecule has 0 fully saturated rings. The molecular weight excluding hydrogens is 470 g/mol. The van der Waals surface area contributed by atoms with Gasteiger partial charge in [0.05, 0.1) is 21.8 Å². The molecule has 0 aliphatic carbocycles. The van der Waals surface area contributed by atoms with E-state index >= 15 is 0 Å². The minimum Gasteiger partial charge on any atom is -0.366 e. The molecule has 0 aliphatic heterocycles. The average molecular weight is 488 g/mol. The molecule has 0 spiro atoms. The number of carbonyl (C=O) groups excluding carboxylic acids is 2. The summed E-state index contributed by atoms with van der Waals surface area (Å²) >= 11 is 3.33. The first-order valence-electron chi connectivity index (χ1n) is 8.81. The molecule has 0 radical (unpaired) electrons. The molecule has 0 aromatic heterocycles. The summed E-state index contributed by atoms with van der Waals surface area (Å²) in [6, 6.07) is 20.7. The Hall–Kier alpha value is -3.17. The lowest BCUT2D eigenvalue weighted by atomic mass is 10.1. The van der Waals surface area contributed by atoms with Crippen LogP contribution in [0.5, 0.6) is 0 Å². The van der Waals surface area contributed by atoms with E-state index in [2.05, 4.69) is 21.2 Å². The van der Waals surface area contributed by atoms with Crippen LogP contribution in [-0.4, -0.2) is 26.8 Å². The highest BCUT2D eigenvalue weighted by Gasteiger charge is 2.27. The Morgan fingerprint density at radius 3 is 2.27 bits per heavy atom. The highest BCUT2D eigenvalue weighted by molar-refractivity contribution is 9.10. The first kappa shape index (κ1) is 21.5. The highest BCUT2D eigenvalue weighted by Crippen LogP contribution is 2.26. The number of primary amides is 1. The lowest BCUT2D eigenvalue weighted by molar-refractivity contribution is -0.114. The maximum absolute atomic E-state index is 13.3. The molecule has 0 aliphatic rings. The summed E-state index contributed by atoms with van der Waals surface area (Å²) in [5.41, 5.74) is 5.99. The third kappa shape index (κ3) is 4.87. The smallest absolute Gasteiger partial charge is 0.264 e. The topological polar surface area (TPSA) is 110 Å². The van der Waals surface area contributed by atoms with Crippen LogP contribution in [0.25, 0.3) is 0 Å². The van der Waals surface area contributed by atoms with Gasteiger partial charge in [0.1, 0.15) is 6.54 Å². The van der Waals surface area contributed by atoms with Crippen molar-refractivity contribution >= 4 is 49.1 Å². The third-order valence-electron chi connectivity index (χ3n) is 4.18. The monoisotopic (exact) mass is 487 g/mol. The number of carbonyl (C=O) groups is 2. The van der Waals surface area contributed by atoms with Gasteiger partial charge in [0, 0.05) is 4.47 Å². The fourth-order valence-corrected chi connectivity index (χ4v) is 4.61. The maximum atomic E-state index is 13.3. The van der Waals surface area contributed by atoms with Gasteiger partial charge in [-0.15, -0.1) is 0 Å². The first-order valence-corrected chi connectivity index (χ1v) is 11.0. The number of para-hydroxylation sites is 1. The van der Waals surface area contributed by atoms with Crippen LogP contribution in [0.4, 0.5) is 11.4 Å². The van der Waals surface area contributed by atoms with Crippen molar-refractivity contribution in [1.29, 1.82) is 0 Å². The SMILES string of the molecule is NC(=O)c1ccccc1NC(=O)CN(c1cccc(Br)c1)S(=O)(=O)c1ccccc1. The van der Waals surface area contributed by atoms with Crippen molar-refractivity contribution in [3.63, 3.8) is 0 Å². The molecule has 30 heavy (non-hydrogen) atoms. The molecule has 3 aromatic carbocycles. The van der Waals surface area contributed by atoms with E-state index in [0.717, 1.165) is 4.31 Å². The van der Waals surface area contributed by atoms with Crippen molar-refractivity contribution in [2.45, 2.75) is 4.90 Å². The number of nitrogens with zero attached hydrogens (tertiary/aromatic N) is 1. The van der Waals surface area contributed by atoms with Crippen molar-refractivity contribution in [2.75, 3.05) is 16.2 Å². The lowest BCUT2D eigenvalue weighted by Crippen LogP contribution is -2.38. The molecule has 3 rings (SSSR count). The summed E-state index contributed by atoms with van der Waals surface area (Å²) in [5.74, 6) is -1.32. The summed E-state index contributed by atoms with van der Waals surface area (Å²) in [4.78, 5) is 24.4. The van der Waals surface area contributed by atoms with Crippen LogP contribution in [0.15, 0.2) is 88.2 Å². The van der Waals surface area contributed by atoms with Crippen LogP contribution in [0.3, 0.4) is 0 Å². The van der Waals surface area contributed by atoms with Crippen LogP contribution in [0, 0.1) is 0 Å². The minimum atomic E-state index is -4.02. The number of amides is 2. The van der Waals surface area contributed by atoms with Crippen molar-refractivity contribution in [3.8, 4) is 0 Å². The molecular formula is C21H18BrN3O4S. The Bertz CT molecular complexity index is 1180. The number of rotatable bonds is 7. The normalized spacial score (nSPS) is 11.0. The number of benzene rings is 3. The molecule has 0 saturated heterocycles. The second-order valence-corrected chi connectivity index (χ2v) is 9.04. The molecule has 154 valence electrons. The van der Waals surface area contributed by atoms with Gasteiger partial charge in [-0.2, -0.15) is 0 Å². The summed E-state index contributed by atoms with van der Waals surface area (Å²) in [5, 5.41) is 2.57. The summed E-state index contributed by atoms with van der Waals surface area (Å²) < 4.78 is 28.2. The predicted molar refractivity (Wildman–Crippen MR) is 119 cm³/mol. The fourth-order valence-electron chi connectivity index (χ4n) is 2.79. The van der Waals surface area contributed by atoms with Crippen molar-refractivity contribution < 1.29 is 18.0 Å². The van der Waals surface area contributed by atoms with Crippen LogP contribution < -0.4 is 15.4 Å². The van der Waals surface area contributed by atoms with Gasteiger partial charge in [0.15, 0.2) is 0 Å². The Morgan fingerprint density at radius 1 is 0.933 bits per heavy atom. The molecule has 0 bridgehead atoms. The first-order chi connectivity index (χ1) is 14.3. The fraction of sp³-hybridized carbons (Fsp3) is 0.0476. The Kier molecular flexibility index (Phi) is 6.53. The van der Waals surface area contributed by atoms with Gasteiger partial charge >= 0.3 is 0 Å². The molecule has 0 atom stereocenters. The third-order valence-corrected chi connectivity index (χ3v) is 6.46. The lowest BCUT2D eigenvalue weighted by Gasteiger charge is -2.24. The molecule has 2 amide bonds. The van der Waals surface area contributed by atoms with Crippen LogP contribution >= 0.6 is 15.9 Å². The van der Waals surface area contributed by atoms with Gasteiger partial charge in [-0.05, 0) is 42.5 Å². The number of hydrogen-bond donors (Lipinski definition) is 2. The second kappa shape index (κ2) is 9.10. The van der Waals surface area contributed by atoms with Crippen LogP contribution in [0.1, 0.15) is 10.4 Å². The number of sulfonamides is 1. The van der Waals surface area contributed by atoms with Crippen molar-refractivity contribution in [3.05, 3.63) is 88.9 Å². The Morgan fingerprint density at radius 2 is 1.60 bits per heavy atom. The zero-order valence-corrected chi connectivity index (χ0v) is 18.1. The average Bonchev–Trinajstić information content (AvgIpc) is 2.73. The molecule has 0 unspecified atom stereocenters. The summed E-state index contributed by atoms with van der Waals surface area (Å²) in [7, 11) is -4.02. The van der Waals surface area contributed by atoms with E-state index in [-0.39, 0.29) is 16.1 Å². The van der Waals surface area contributed by atoms with E-state index < -0.39 is 28.4 Å².